The molecule has 0 saturated heterocycles. The summed E-state index contributed by atoms with van der Waals surface area (Å²) in [6.07, 6.45) is 3.11. The van der Waals surface area contributed by atoms with Crippen LogP contribution in [-0.4, -0.2) is 47.4 Å². The molecule has 0 fully saturated rings. The number of rotatable bonds is 7. The zero-order valence-electron chi connectivity index (χ0n) is 10.1. The van der Waals surface area contributed by atoms with E-state index >= 15 is 0 Å². The Hall–Kier alpha value is -0.910. The van der Waals surface area contributed by atoms with Crippen molar-refractivity contribution in [3.8, 4) is 0 Å². The van der Waals surface area contributed by atoms with Crippen molar-refractivity contribution in [3.05, 3.63) is 18.0 Å². The first kappa shape index (κ1) is 13.2. The predicted molar refractivity (Wildman–Crippen MR) is 60.3 cm³/mol. The van der Waals surface area contributed by atoms with Crippen LogP contribution in [0.2, 0.25) is 0 Å². The minimum Gasteiger partial charge on any atom is -0.389 e. The third-order valence-electron chi connectivity index (χ3n) is 2.13. The number of aliphatic hydroxyl groups excluding tert-OH is 1. The van der Waals surface area contributed by atoms with Crippen LogP contribution < -0.4 is 0 Å². The molecule has 0 aromatic carbocycles. The van der Waals surface area contributed by atoms with Crippen LogP contribution in [0.15, 0.2) is 12.4 Å². The molecule has 5 heteroatoms. The summed E-state index contributed by atoms with van der Waals surface area (Å²) in [6.45, 7) is 5.16. The van der Waals surface area contributed by atoms with Gasteiger partial charge in [-0.3, -0.25) is 4.68 Å². The maximum atomic E-state index is 9.70. The fourth-order valence-corrected chi connectivity index (χ4v) is 1.39. The van der Waals surface area contributed by atoms with Gasteiger partial charge >= 0.3 is 0 Å². The van der Waals surface area contributed by atoms with Gasteiger partial charge in [0.15, 0.2) is 0 Å². The normalized spacial score (nSPS) is 15.0. The average Bonchev–Trinajstić information content (AvgIpc) is 2.61. The molecule has 0 saturated carbocycles. The van der Waals surface area contributed by atoms with E-state index in [1.165, 1.54) is 0 Å². The van der Waals surface area contributed by atoms with E-state index < -0.39 is 6.10 Å². The second kappa shape index (κ2) is 6.62. The van der Waals surface area contributed by atoms with Crippen molar-refractivity contribution >= 4 is 0 Å². The maximum Gasteiger partial charge on any atom is 0.0969 e. The van der Waals surface area contributed by atoms with E-state index in [9.17, 15) is 5.11 Å². The van der Waals surface area contributed by atoms with Gasteiger partial charge < -0.3 is 14.6 Å². The van der Waals surface area contributed by atoms with Gasteiger partial charge in [0.25, 0.3) is 0 Å². The van der Waals surface area contributed by atoms with Crippen molar-refractivity contribution in [2.45, 2.75) is 32.6 Å². The van der Waals surface area contributed by atoms with Gasteiger partial charge in [-0.05, 0) is 19.4 Å². The molecule has 1 rings (SSSR count). The van der Waals surface area contributed by atoms with Crippen LogP contribution in [0.4, 0.5) is 0 Å². The molecule has 0 aliphatic carbocycles. The zero-order chi connectivity index (χ0) is 12.0. The summed E-state index contributed by atoms with van der Waals surface area (Å²) in [5.74, 6) is 0. The summed E-state index contributed by atoms with van der Waals surface area (Å²) in [5.41, 5.74) is 1.08. The molecular weight excluding hydrogens is 208 g/mol. The second-order valence-electron chi connectivity index (χ2n) is 3.99. The number of aliphatic hydroxyl groups is 1. The van der Waals surface area contributed by atoms with Gasteiger partial charge in [-0.15, -0.1) is 0 Å². The Morgan fingerprint density at radius 1 is 1.50 bits per heavy atom. The van der Waals surface area contributed by atoms with Gasteiger partial charge in [0.1, 0.15) is 0 Å². The van der Waals surface area contributed by atoms with Crippen LogP contribution in [0.25, 0.3) is 0 Å². The molecule has 0 aliphatic heterocycles. The van der Waals surface area contributed by atoms with Crippen LogP contribution in [0, 0.1) is 6.92 Å². The first-order chi connectivity index (χ1) is 7.61. The van der Waals surface area contributed by atoms with Gasteiger partial charge in [0.2, 0.25) is 0 Å². The minimum absolute atomic E-state index is 0.000919. The van der Waals surface area contributed by atoms with Gasteiger partial charge in [0.05, 0.1) is 38.2 Å². The lowest BCUT2D eigenvalue weighted by atomic mass is 10.3. The molecule has 0 aliphatic rings. The van der Waals surface area contributed by atoms with E-state index in [0.717, 1.165) is 5.56 Å². The minimum atomic E-state index is -0.543. The first-order valence-corrected chi connectivity index (χ1v) is 5.39. The fourth-order valence-electron chi connectivity index (χ4n) is 1.39. The molecule has 1 aromatic rings. The highest BCUT2D eigenvalue weighted by atomic mass is 16.5. The third-order valence-corrected chi connectivity index (χ3v) is 2.13. The quantitative estimate of drug-likeness (QED) is 0.742. The number of methoxy groups -OCH3 is 1. The lowest BCUT2D eigenvalue weighted by Crippen LogP contribution is -2.26. The van der Waals surface area contributed by atoms with Crippen LogP contribution in [0.3, 0.4) is 0 Å². The van der Waals surface area contributed by atoms with Crippen LogP contribution in [0.5, 0.6) is 0 Å². The van der Waals surface area contributed by atoms with Crippen LogP contribution >= 0.6 is 0 Å². The number of hydrogen-bond acceptors (Lipinski definition) is 4. The van der Waals surface area contributed by atoms with E-state index in [-0.39, 0.29) is 6.10 Å². The Morgan fingerprint density at radius 2 is 2.25 bits per heavy atom. The molecular formula is C11H20N2O3. The Labute approximate surface area is 96.0 Å². The monoisotopic (exact) mass is 228 g/mol. The fraction of sp³-hybridized carbons (Fsp3) is 0.727. The van der Waals surface area contributed by atoms with E-state index in [0.29, 0.717) is 19.8 Å². The summed E-state index contributed by atoms with van der Waals surface area (Å²) in [6, 6.07) is 0. The first-order valence-electron chi connectivity index (χ1n) is 5.39. The molecule has 2 atom stereocenters. The molecule has 1 heterocycles. The topological polar surface area (TPSA) is 56.5 Å². The number of aromatic nitrogens is 2. The number of nitrogens with zero attached hydrogens (tertiary/aromatic N) is 2. The van der Waals surface area contributed by atoms with Crippen molar-refractivity contribution in [1.82, 2.24) is 9.78 Å². The lowest BCUT2D eigenvalue weighted by molar-refractivity contribution is -0.0364. The van der Waals surface area contributed by atoms with Gasteiger partial charge in [-0.2, -0.15) is 5.10 Å². The molecule has 0 spiro atoms. The lowest BCUT2D eigenvalue weighted by Gasteiger charge is -2.15. The predicted octanol–water partition coefficient (Wildman–Crippen LogP) is 0.604. The zero-order valence-corrected chi connectivity index (χ0v) is 10.1. The maximum absolute atomic E-state index is 9.70. The molecule has 16 heavy (non-hydrogen) atoms. The molecule has 1 aromatic heterocycles. The molecule has 5 nitrogen and oxygen atoms in total. The average molecular weight is 228 g/mol. The number of ether oxygens (including phenoxy) is 2. The molecule has 92 valence electrons. The van der Waals surface area contributed by atoms with Crippen molar-refractivity contribution in [2.75, 3.05) is 20.3 Å². The highest BCUT2D eigenvalue weighted by Crippen LogP contribution is 1.99. The summed E-state index contributed by atoms with van der Waals surface area (Å²) < 4.78 is 12.1. The smallest absolute Gasteiger partial charge is 0.0969 e. The molecule has 1 N–H and O–H groups in total. The SMILES string of the molecule is COCC(C)OCC(O)Cn1cc(C)cn1. The highest BCUT2D eigenvalue weighted by Gasteiger charge is 2.09. The standard InChI is InChI=1S/C11H20N2O3/c1-9-4-12-13(5-9)6-11(14)8-16-10(2)7-15-3/h4-5,10-11,14H,6-8H2,1-3H3. The van der Waals surface area contributed by atoms with Gasteiger partial charge in [0, 0.05) is 13.3 Å². The van der Waals surface area contributed by atoms with E-state index in [1.54, 1.807) is 18.0 Å². The Balaban J connectivity index is 2.23. The molecule has 0 radical (unpaired) electrons. The summed E-state index contributed by atoms with van der Waals surface area (Å²) in [4.78, 5) is 0. The summed E-state index contributed by atoms with van der Waals surface area (Å²) >= 11 is 0. The largest absolute Gasteiger partial charge is 0.389 e. The van der Waals surface area contributed by atoms with Crippen LogP contribution in [-0.2, 0) is 16.0 Å². The molecule has 2 unspecified atom stereocenters. The molecule has 0 bridgehead atoms. The number of hydrogen-bond donors (Lipinski definition) is 1. The summed E-state index contributed by atoms with van der Waals surface area (Å²) in [5, 5.41) is 13.8. The van der Waals surface area contributed by atoms with E-state index in [4.69, 9.17) is 9.47 Å². The van der Waals surface area contributed by atoms with Gasteiger partial charge in [-0.1, -0.05) is 0 Å². The van der Waals surface area contributed by atoms with E-state index in [2.05, 4.69) is 5.10 Å². The number of aryl methyl sites for hydroxylation is 1. The second-order valence-corrected chi connectivity index (χ2v) is 3.99. The van der Waals surface area contributed by atoms with Gasteiger partial charge in [-0.25, -0.2) is 0 Å². The Morgan fingerprint density at radius 3 is 2.81 bits per heavy atom. The third kappa shape index (κ3) is 4.74. The van der Waals surface area contributed by atoms with E-state index in [1.807, 2.05) is 20.0 Å². The van der Waals surface area contributed by atoms with Crippen molar-refractivity contribution in [3.63, 3.8) is 0 Å². The Bertz CT molecular complexity index is 301. The van der Waals surface area contributed by atoms with Crippen molar-refractivity contribution in [2.24, 2.45) is 0 Å². The van der Waals surface area contributed by atoms with Crippen molar-refractivity contribution in [1.29, 1.82) is 0 Å². The van der Waals surface area contributed by atoms with Crippen LogP contribution in [0.1, 0.15) is 12.5 Å². The molecule has 0 amide bonds. The summed E-state index contributed by atoms with van der Waals surface area (Å²) in [7, 11) is 1.63. The van der Waals surface area contributed by atoms with Crippen molar-refractivity contribution < 1.29 is 14.6 Å². The highest BCUT2D eigenvalue weighted by molar-refractivity contribution is 4.99. The Kier molecular flexibility index (Phi) is 5.45.